The van der Waals surface area contributed by atoms with Crippen LogP contribution >= 0.6 is 0 Å². The van der Waals surface area contributed by atoms with Crippen molar-refractivity contribution in [2.24, 2.45) is 0 Å². The van der Waals surface area contributed by atoms with E-state index in [0.717, 1.165) is 48.6 Å². The van der Waals surface area contributed by atoms with Crippen molar-refractivity contribution < 1.29 is 4.74 Å². The molecule has 0 aromatic heterocycles. The lowest BCUT2D eigenvalue weighted by atomic mass is 9.83. The molecular formula is C33H36N2O. The van der Waals surface area contributed by atoms with E-state index in [1.54, 1.807) is 0 Å². The second kappa shape index (κ2) is 10.1. The van der Waals surface area contributed by atoms with E-state index in [4.69, 9.17) is 4.74 Å². The zero-order valence-electron chi connectivity index (χ0n) is 21.9. The average Bonchev–Trinajstić information content (AvgIpc) is 2.94. The Bertz CT molecular complexity index is 1290. The van der Waals surface area contributed by atoms with E-state index in [-0.39, 0.29) is 0 Å². The molecule has 0 aliphatic carbocycles. The fraction of sp³-hybridized carbons (Fsp3) is 0.273. The van der Waals surface area contributed by atoms with E-state index in [1.165, 1.54) is 22.1 Å². The maximum Gasteiger partial charge on any atom is 0.178 e. The molecule has 36 heavy (non-hydrogen) atoms. The lowest BCUT2D eigenvalue weighted by molar-refractivity contribution is 0.161. The lowest BCUT2D eigenvalue weighted by Crippen LogP contribution is -2.34. The van der Waals surface area contributed by atoms with Crippen LogP contribution in [0, 0.1) is 0 Å². The monoisotopic (exact) mass is 476 g/mol. The lowest BCUT2D eigenvalue weighted by Gasteiger charge is -2.37. The summed E-state index contributed by atoms with van der Waals surface area (Å²) in [5, 5.41) is 2.44. The van der Waals surface area contributed by atoms with Gasteiger partial charge in [-0.2, -0.15) is 0 Å². The van der Waals surface area contributed by atoms with E-state index in [9.17, 15) is 0 Å². The molecule has 4 aromatic rings. The molecule has 4 aromatic carbocycles. The van der Waals surface area contributed by atoms with Crippen molar-refractivity contribution in [3.63, 3.8) is 0 Å². The molecule has 0 fully saturated rings. The first-order valence-corrected chi connectivity index (χ1v) is 13.2. The zero-order valence-corrected chi connectivity index (χ0v) is 21.9. The number of anilines is 2. The van der Waals surface area contributed by atoms with Gasteiger partial charge in [-0.05, 0) is 81.0 Å². The standard InChI is InChI=1S/C33H36N2O/c1-5-34(6-2)28-18-14-26(15-19-28)33(27-16-20-29(21-17-27)35(7-3)8-4)24-23-31-30-12-10-9-11-25(30)13-22-32(31)36-33/h9-24H,5-8H2,1-4H3. The molecule has 0 atom stereocenters. The molecule has 0 radical (unpaired) electrons. The third-order valence-corrected chi connectivity index (χ3v) is 7.54. The molecule has 5 rings (SSSR count). The molecular weight excluding hydrogens is 440 g/mol. The molecule has 0 N–H and O–H groups in total. The summed E-state index contributed by atoms with van der Waals surface area (Å²) in [5.74, 6) is 0.914. The van der Waals surface area contributed by atoms with Crippen LogP contribution in [0.5, 0.6) is 5.75 Å². The van der Waals surface area contributed by atoms with Gasteiger partial charge in [-0.15, -0.1) is 0 Å². The first kappa shape index (κ1) is 24.0. The van der Waals surface area contributed by atoms with Gasteiger partial charge in [0, 0.05) is 54.2 Å². The molecule has 1 heterocycles. The predicted molar refractivity (Wildman–Crippen MR) is 154 cm³/mol. The molecule has 0 unspecified atom stereocenters. The fourth-order valence-electron chi connectivity index (χ4n) is 5.44. The Labute approximate surface area is 215 Å². The first-order chi connectivity index (χ1) is 17.6. The van der Waals surface area contributed by atoms with Crippen LogP contribution in [0.1, 0.15) is 44.4 Å². The van der Waals surface area contributed by atoms with Crippen LogP contribution in [-0.4, -0.2) is 26.2 Å². The predicted octanol–water partition coefficient (Wildman–Crippen LogP) is 7.88. The van der Waals surface area contributed by atoms with Crippen LogP contribution in [0.25, 0.3) is 16.8 Å². The number of hydrogen-bond donors (Lipinski definition) is 0. The van der Waals surface area contributed by atoms with Crippen molar-refractivity contribution in [3.05, 3.63) is 108 Å². The van der Waals surface area contributed by atoms with Crippen LogP contribution < -0.4 is 14.5 Å². The minimum atomic E-state index is -0.695. The highest BCUT2D eigenvalue weighted by Crippen LogP contribution is 2.44. The van der Waals surface area contributed by atoms with E-state index < -0.39 is 5.60 Å². The number of hydrogen-bond acceptors (Lipinski definition) is 3. The maximum absolute atomic E-state index is 6.99. The third-order valence-electron chi connectivity index (χ3n) is 7.54. The first-order valence-electron chi connectivity index (χ1n) is 13.2. The minimum Gasteiger partial charge on any atom is -0.473 e. The summed E-state index contributed by atoms with van der Waals surface area (Å²) >= 11 is 0. The normalized spacial score (nSPS) is 13.8. The fourth-order valence-corrected chi connectivity index (χ4v) is 5.44. The second-order valence-corrected chi connectivity index (χ2v) is 9.31. The summed E-state index contributed by atoms with van der Waals surface area (Å²) in [6.07, 6.45) is 4.48. The highest BCUT2D eigenvalue weighted by atomic mass is 16.5. The summed E-state index contributed by atoms with van der Waals surface area (Å²) in [7, 11) is 0. The Morgan fingerprint density at radius 3 is 1.67 bits per heavy atom. The van der Waals surface area contributed by atoms with Crippen molar-refractivity contribution in [1.82, 2.24) is 0 Å². The largest absolute Gasteiger partial charge is 0.473 e. The summed E-state index contributed by atoms with van der Waals surface area (Å²) in [4.78, 5) is 4.74. The highest BCUT2D eigenvalue weighted by Gasteiger charge is 2.37. The number of rotatable bonds is 8. The maximum atomic E-state index is 6.99. The van der Waals surface area contributed by atoms with Gasteiger partial charge in [-0.3, -0.25) is 0 Å². The van der Waals surface area contributed by atoms with E-state index >= 15 is 0 Å². The quantitative estimate of drug-likeness (QED) is 0.257. The van der Waals surface area contributed by atoms with Crippen LogP contribution in [0.3, 0.4) is 0 Å². The van der Waals surface area contributed by atoms with Gasteiger partial charge >= 0.3 is 0 Å². The Morgan fingerprint density at radius 1 is 0.611 bits per heavy atom. The van der Waals surface area contributed by atoms with Crippen LogP contribution in [0.2, 0.25) is 0 Å². The van der Waals surface area contributed by atoms with Gasteiger partial charge in [0.05, 0.1) is 0 Å². The molecule has 0 saturated carbocycles. The van der Waals surface area contributed by atoms with Gasteiger partial charge < -0.3 is 14.5 Å². The number of benzene rings is 4. The molecule has 0 amide bonds. The van der Waals surface area contributed by atoms with Crippen LogP contribution in [-0.2, 0) is 5.60 Å². The molecule has 0 saturated heterocycles. The number of nitrogens with zero attached hydrogens (tertiary/aromatic N) is 2. The van der Waals surface area contributed by atoms with Gasteiger partial charge in [-0.25, -0.2) is 0 Å². The summed E-state index contributed by atoms with van der Waals surface area (Å²) < 4.78 is 6.99. The van der Waals surface area contributed by atoms with Crippen molar-refractivity contribution >= 4 is 28.2 Å². The molecule has 3 heteroatoms. The van der Waals surface area contributed by atoms with Crippen molar-refractivity contribution in [2.75, 3.05) is 36.0 Å². The number of fused-ring (bicyclic) bond motifs is 3. The Morgan fingerprint density at radius 2 is 1.14 bits per heavy atom. The zero-order chi connectivity index (χ0) is 25.1. The molecule has 3 nitrogen and oxygen atoms in total. The van der Waals surface area contributed by atoms with Gasteiger partial charge in [0.15, 0.2) is 5.60 Å². The highest BCUT2D eigenvalue weighted by molar-refractivity contribution is 5.94. The second-order valence-electron chi connectivity index (χ2n) is 9.31. The molecule has 0 spiro atoms. The molecule has 1 aliphatic rings. The Kier molecular flexibility index (Phi) is 6.73. The third kappa shape index (κ3) is 4.13. The van der Waals surface area contributed by atoms with Gasteiger partial charge in [0.25, 0.3) is 0 Å². The van der Waals surface area contributed by atoms with E-state index in [0.29, 0.717) is 0 Å². The van der Waals surface area contributed by atoms with Crippen molar-refractivity contribution in [2.45, 2.75) is 33.3 Å². The summed E-state index contributed by atoms with van der Waals surface area (Å²) in [5.41, 5.74) is 5.18. The molecule has 184 valence electrons. The molecule has 0 bridgehead atoms. The Hall–Kier alpha value is -3.72. The van der Waals surface area contributed by atoms with E-state index in [1.807, 2.05) is 0 Å². The average molecular weight is 477 g/mol. The van der Waals surface area contributed by atoms with Gasteiger partial charge in [-0.1, -0.05) is 54.6 Å². The molecule has 1 aliphatic heterocycles. The van der Waals surface area contributed by atoms with Crippen LogP contribution in [0.4, 0.5) is 11.4 Å². The minimum absolute atomic E-state index is 0.695. The Balaban J connectivity index is 1.63. The summed E-state index contributed by atoms with van der Waals surface area (Å²) in [6, 6.07) is 30.6. The van der Waals surface area contributed by atoms with Crippen LogP contribution in [0.15, 0.2) is 91.0 Å². The topological polar surface area (TPSA) is 15.7 Å². The number of ether oxygens (including phenoxy) is 1. The smallest absolute Gasteiger partial charge is 0.178 e. The van der Waals surface area contributed by atoms with Gasteiger partial charge in [0.1, 0.15) is 5.75 Å². The van der Waals surface area contributed by atoms with Crippen molar-refractivity contribution in [3.8, 4) is 5.75 Å². The SMILES string of the molecule is CCN(CC)c1ccc(C2(c3ccc(N(CC)CC)cc3)C=Cc3c(ccc4ccccc34)O2)cc1. The summed E-state index contributed by atoms with van der Waals surface area (Å²) in [6.45, 7) is 12.8. The van der Waals surface area contributed by atoms with Crippen molar-refractivity contribution in [1.29, 1.82) is 0 Å². The van der Waals surface area contributed by atoms with Gasteiger partial charge in [0.2, 0.25) is 0 Å². The van der Waals surface area contributed by atoms with E-state index in [2.05, 4.69) is 135 Å².